The summed E-state index contributed by atoms with van der Waals surface area (Å²) in [7, 11) is 1.74. The van der Waals surface area contributed by atoms with Gasteiger partial charge < -0.3 is 14.2 Å². The Bertz CT molecular complexity index is 402. The molecule has 0 amide bonds. The first-order valence-corrected chi connectivity index (χ1v) is 7.07. The lowest BCUT2D eigenvalue weighted by molar-refractivity contribution is -0.111. The summed E-state index contributed by atoms with van der Waals surface area (Å²) in [4.78, 5) is 0. The zero-order valence-corrected chi connectivity index (χ0v) is 12.2. The molecule has 0 aromatic heterocycles. The summed E-state index contributed by atoms with van der Waals surface area (Å²) in [6.45, 7) is 4.03. The predicted molar refractivity (Wildman–Crippen MR) is 77.5 cm³/mol. The van der Waals surface area contributed by atoms with Crippen molar-refractivity contribution in [1.82, 2.24) is 5.43 Å². The van der Waals surface area contributed by atoms with Gasteiger partial charge in [0.15, 0.2) is 0 Å². The summed E-state index contributed by atoms with van der Waals surface area (Å²) in [5, 5.41) is 0. The van der Waals surface area contributed by atoms with Crippen molar-refractivity contribution in [3.63, 3.8) is 0 Å². The van der Waals surface area contributed by atoms with E-state index in [4.69, 9.17) is 20.1 Å². The lowest BCUT2D eigenvalue weighted by Crippen LogP contribution is -2.51. The molecule has 2 rings (SSSR count). The van der Waals surface area contributed by atoms with Crippen molar-refractivity contribution in [3.05, 3.63) is 29.8 Å². The number of hydrogen-bond acceptors (Lipinski definition) is 5. The van der Waals surface area contributed by atoms with E-state index in [-0.39, 0.29) is 11.6 Å². The number of rotatable bonds is 6. The standard InChI is InChI=1S/C15H24N2O3/c1-3-20-13-6-4-12(5-7-13)14(17-16)15(18-2)8-10-19-11-9-15/h4-7,14,17H,3,8-11,16H2,1-2H3. The number of hydrogen-bond donors (Lipinski definition) is 2. The molecule has 20 heavy (non-hydrogen) atoms. The van der Waals surface area contributed by atoms with Gasteiger partial charge in [-0.05, 0) is 24.6 Å². The van der Waals surface area contributed by atoms with Gasteiger partial charge in [0, 0.05) is 33.2 Å². The Morgan fingerprint density at radius 3 is 2.45 bits per heavy atom. The fraction of sp³-hybridized carbons (Fsp3) is 0.600. The largest absolute Gasteiger partial charge is 0.494 e. The molecule has 0 spiro atoms. The van der Waals surface area contributed by atoms with Crippen LogP contribution in [0.1, 0.15) is 31.4 Å². The van der Waals surface area contributed by atoms with Gasteiger partial charge in [-0.2, -0.15) is 0 Å². The Labute approximate surface area is 120 Å². The van der Waals surface area contributed by atoms with Crippen LogP contribution in [0.15, 0.2) is 24.3 Å². The average Bonchev–Trinajstić information content (AvgIpc) is 2.51. The van der Waals surface area contributed by atoms with Crippen LogP contribution in [0, 0.1) is 0 Å². The summed E-state index contributed by atoms with van der Waals surface area (Å²) >= 11 is 0. The third-order valence-corrected chi connectivity index (χ3v) is 3.96. The molecule has 5 nitrogen and oxygen atoms in total. The topological polar surface area (TPSA) is 65.7 Å². The lowest BCUT2D eigenvalue weighted by atomic mass is 9.82. The van der Waals surface area contributed by atoms with Gasteiger partial charge in [0.2, 0.25) is 0 Å². The average molecular weight is 280 g/mol. The van der Waals surface area contributed by atoms with E-state index in [9.17, 15) is 0 Å². The molecular formula is C15H24N2O3. The molecule has 5 heteroatoms. The Balaban J connectivity index is 2.21. The van der Waals surface area contributed by atoms with Crippen LogP contribution in [0.3, 0.4) is 0 Å². The molecule has 1 saturated heterocycles. The summed E-state index contributed by atoms with van der Waals surface area (Å²) in [5.74, 6) is 6.66. The lowest BCUT2D eigenvalue weighted by Gasteiger charge is -2.42. The maximum absolute atomic E-state index is 5.81. The molecule has 112 valence electrons. The van der Waals surface area contributed by atoms with Crippen molar-refractivity contribution < 1.29 is 14.2 Å². The zero-order chi connectivity index (χ0) is 14.4. The summed E-state index contributed by atoms with van der Waals surface area (Å²) in [6, 6.07) is 7.93. The van der Waals surface area contributed by atoms with Crippen LogP contribution >= 0.6 is 0 Å². The van der Waals surface area contributed by atoms with Crippen molar-refractivity contribution in [2.75, 3.05) is 26.9 Å². The van der Waals surface area contributed by atoms with E-state index in [2.05, 4.69) is 5.43 Å². The highest BCUT2D eigenvalue weighted by Crippen LogP contribution is 2.37. The van der Waals surface area contributed by atoms with E-state index < -0.39 is 0 Å². The van der Waals surface area contributed by atoms with E-state index in [0.29, 0.717) is 19.8 Å². The number of methoxy groups -OCH3 is 1. The third-order valence-electron chi connectivity index (χ3n) is 3.96. The summed E-state index contributed by atoms with van der Waals surface area (Å²) in [5.41, 5.74) is 3.69. The summed E-state index contributed by atoms with van der Waals surface area (Å²) in [6.07, 6.45) is 1.65. The van der Waals surface area contributed by atoms with Gasteiger partial charge in [0.05, 0.1) is 18.2 Å². The van der Waals surface area contributed by atoms with Crippen molar-refractivity contribution in [1.29, 1.82) is 0 Å². The molecule has 0 aliphatic carbocycles. The smallest absolute Gasteiger partial charge is 0.119 e. The van der Waals surface area contributed by atoms with E-state index in [1.807, 2.05) is 31.2 Å². The van der Waals surface area contributed by atoms with E-state index in [1.165, 1.54) is 0 Å². The molecular weight excluding hydrogens is 256 g/mol. The Hall–Kier alpha value is -1.14. The monoisotopic (exact) mass is 280 g/mol. The first-order valence-electron chi connectivity index (χ1n) is 7.07. The van der Waals surface area contributed by atoms with Crippen molar-refractivity contribution in [3.8, 4) is 5.75 Å². The van der Waals surface area contributed by atoms with Crippen LogP contribution in [0.4, 0.5) is 0 Å². The minimum atomic E-state index is -0.319. The second-order valence-electron chi connectivity index (χ2n) is 4.98. The maximum Gasteiger partial charge on any atom is 0.119 e. The SMILES string of the molecule is CCOc1ccc(C(NN)C2(OC)CCOCC2)cc1. The Kier molecular flexibility index (Phi) is 5.37. The Morgan fingerprint density at radius 2 is 1.95 bits per heavy atom. The Morgan fingerprint density at radius 1 is 1.30 bits per heavy atom. The fourth-order valence-electron chi connectivity index (χ4n) is 2.80. The first kappa shape index (κ1) is 15.3. The highest BCUT2D eigenvalue weighted by molar-refractivity contribution is 5.31. The zero-order valence-electron chi connectivity index (χ0n) is 12.2. The molecule has 1 aliphatic rings. The number of benzene rings is 1. The van der Waals surface area contributed by atoms with E-state index in [1.54, 1.807) is 7.11 Å². The highest BCUT2D eigenvalue weighted by Gasteiger charge is 2.41. The molecule has 1 unspecified atom stereocenters. The molecule has 0 saturated carbocycles. The van der Waals surface area contributed by atoms with Gasteiger partial charge in [-0.3, -0.25) is 11.3 Å². The van der Waals surface area contributed by atoms with Crippen LogP contribution < -0.4 is 16.0 Å². The van der Waals surface area contributed by atoms with E-state index >= 15 is 0 Å². The number of ether oxygens (including phenoxy) is 3. The first-order chi connectivity index (χ1) is 9.75. The number of nitrogens with one attached hydrogen (secondary N) is 1. The van der Waals surface area contributed by atoms with Gasteiger partial charge in [0.1, 0.15) is 5.75 Å². The third kappa shape index (κ3) is 3.12. The summed E-state index contributed by atoms with van der Waals surface area (Å²) < 4.78 is 16.7. The van der Waals surface area contributed by atoms with Crippen molar-refractivity contribution in [2.24, 2.45) is 5.84 Å². The quantitative estimate of drug-likeness (QED) is 0.614. The molecule has 1 aliphatic heterocycles. The predicted octanol–water partition coefficient (Wildman–Crippen LogP) is 1.79. The molecule has 0 bridgehead atoms. The fourth-order valence-corrected chi connectivity index (χ4v) is 2.80. The van der Waals surface area contributed by atoms with Gasteiger partial charge in [0.25, 0.3) is 0 Å². The van der Waals surface area contributed by atoms with Gasteiger partial charge in [-0.1, -0.05) is 12.1 Å². The minimum Gasteiger partial charge on any atom is -0.494 e. The van der Waals surface area contributed by atoms with Crippen LogP contribution in [0.2, 0.25) is 0 Å². The highest BCUT2D eigenvalue weighted by atomic mass is 16.5. The molecule has 1 atom stereocenters. The van der Waals surface area contributed by atoms with Gasteiger partial charge in [-0.25, -0.2) is 0 Å². The van der Waals surface area contributed by atoms with E-state index in [0.717, 1.165) is 24.2 Å². The molecule has 1 heterocycles. The minimum absolute atomic E-state index is 0.0629. The second-order valence-corrected chi connectivity index (χ2v) is 4.98. The molecule has 1 aromatic rings. The van der Waals surface area contributed by atoms with Gasteiger partial charge in [-0.15, -0.1) is 0 Å². The molecule has 1 fully saturated rings. The normalized spacial score (nSPS) is 19.6. The van der Waals surface area contributed by atoms with Crippen LogP contribution in [0.25, 0.3) is 0 Å². The van der Waals surface area contributed by atoms with Gasteiger partial charge >= 0.3 is 0 Å². The van der Waals surface area contributed by atoms with Crippen LogP contribution in [-0.2, 0) is 9.47 Å². The molecule has 0 radical (unpaired) electrons. The van der Waals surface area contributed by atoms with Crippen molar-refractivity contribution in [2.45, 2.75) is 31.4 Å². The van der Waals surface area contributed by atoms with Crippen molar-refractivity contribution >= 4 is 0 Å². The van der Waals surface area contributed by atoms with Crippen LogP contribution in [-0.4, -0.2) is 32.5 Å². The second kappa shape index (κ2) is 7.04. The molecule has 3 N–H and O–H groups in total. The van der Waals surface area contributed by atoms with Crippen LogP contribution in [0.5, 0.6) is 5.75 Å². The maximum atomic E-state index is 5.81. The number of hydrazine groups is 1. The molecule has 1 aromatic carbocycles. The number of nitrogens with two attached hydrogens (primary N) is 1.